The van der Waals surface area contributed by atoms with E-state index in [-0.39, 0.29) is 5.41 Å². The van der Waals surface area contributed by atoms with Crippen LogP contribution in [0.1, 0.15) is 25.0 Å². The Morgan fingerprint density at radius 1 is 0.339 bits per heavy atom. The number of benzene rings is 9. The zero-order chi connectivity index (χ0) is 39.5. The zero-order valence-electron chi connectivity index (χ0n) is 33.1. The Bertz CT molecular complexity index is 3190. The summed E-state index contributed by atoms with van der Waals surface area (Å²) in [4.78, 5) is 2.46. The first-order chi connectivity index (χ1) is 29.0. The van der Waals surface area contributed by atoms with Crippen molar-refractivity contribution in [3.63, 3.8) is 0 Å². The molecular weight excluding hydrogens is 715 g/mol. The van der Waals surface area contributed by atoms with Gasteiger partial charge in [-0.1, -0.05) is 172 Å². The molecule has 0 bridgehead atoms. The van der Waals surface area contributed by atoms with E-state index in [0.29, 0.717) is 0 Å². The van der Waals surface area contributed by atoms with Crippen LogP contribution in [0.25, 0.3) is 77.6 Å². The van der Waals surface area contributed by atoms with Crippen molar-refractivity contribution in [2.75, 3.05) is 4.90 Å². The van der Waals surface area contributed by atoms with Crippen LogP contribution in [0, 0.1) is 0 Å². The van der Waals surface area contributed by atoms with Crippen molar-refractivity contribution in [3.05, 3.63) is 223 Å². The van der Waals surface area contributed by atoms with Gasteiger partial charge in [-0.05, 0) is 116 Å². The molecule has 0 fully saturated rings. The van der Waals surface area contributed by atoms with Crippen molar-refractivity contribution in [1.82, 2.24) is 0 Å². The Morgan fingerprint density at radius 3 is 1.71 bits per heavy atom. The number of para-hydroxylation sites is 1. The predicted molar refractivity (Wildman–Crippen MR) is 248 cm³/mol. The average molecular weight is 756 g/mol. The van der Waals surface area contributed by atoms with E-state index in [1.54, 1.807) is 0 Å². The van der Waals surface area contributed by atoms with Crippen LogP contribution in [0.5, 0.6) is 0 Å². The minimum Gasteiger partial charge on any atom is -0.456 e. The second kappa shape index (κ2) is 13.9. The Morgan fingerprint density at radius 2 is 0.915 bits per heavy atom. The molecule has 0 unspecified atom stereocenters. The zero-order valence-corrected chi connectivity index (χ0v) is 33.1. The first-order valence-corrected chi connectivity index (χ1v) is 20.4. The second-order valence-electron chi connectivity index (χ2n) is 16.1. The van der Waals surface area contributed by atoms with Gasteiger partial charge in [-0.25, -0.2) is 0 Å². The molecule has 0 saturated carbocycles. The standard InChI is InChI=1S/C57H41NO/c1-57(2)52-26-13-11-24-47(52)48-32-30-44(37-53(48)57)58(43-21-15-20-40(34-43)41-28-31-50-49-25-12-14-27-55(49)59-56(50)36-41)54-33-29-42(35-51(54)39-18-7-4-8-19-39)46-23-10-9-22-45(46)38-16-5-3-6-17-38/h3-37H,1-2H3. The molecule has 59 heavy (non-hydrogen) atoms. The minimum atomic E-state index is -0.148. The molecule has 1 aliphatic rings. The summed E-state index contributed by atoms with van der Waals surface area (Å²) in [5, 5.41) is 2.27. The summed E-state index contributed by atoms with van der Waals surface area (Å²) < 4.78 is 6.36. The van der Waals surface area contributed by atoms with Gasteiger partial charge in [0.15, 0.2) is 0 Å². The lowest BCUT2D eigenvalue weighted by molar-refractivity contribution is 0.660. The van der Waals surface area contributed by atoms with Crippen LogP contribution in [0.15, 0.2) is 217 Å². The third-order valence-corrected chi connectivity index (χ3v) is 12.3. The fraction of sp³-hybridized carbons (Fsp3) is 0.0526. The maximum atomic E-state index is 6.36. The number of hydrogen-bond donors (Lipinski definition) is 0. The molecule has 0 spiro atoms. The van der Waals surface area contributed by atoms with Gasteiger partial charge in [-0.15, -0.1) is 0 Å². The van der Waals surface area contributed by atoms with E-state index in [2.05, 4.69) is 219 Å². The molecule has 1 aromatic heterocycles. The Kier molecular flexibility index (Phi) is 8.20. The van der Waals surface area contributed by atoms with Crippen LogP contribution in [0.2, 0.25) is 0 Å². The SMILES string of the molecule is CC1(C)c2ccccc2-c2ccc(N(c3cccc(-c4ccc5c(c4)oc4ccccc45)c3)c3ccc(-c4ccccc4-c4ccccc4)cc3-c3ccccc3)cc21. The number of furan rings is 1. The summed E-state index contributed by atoms with van der Waals surface area (Å²) in [6.07, 6.45) is 0. The Balaban J connectivity index is 1.12. The number of nitrogens with zero attached hydrogens (tertiary/aromatic N) is 1. The predicted octanol–water partition coefficient (Wildman–Crippen LogP) is 16.0. The summed E-state index contributed by atoms with van der Waals surface area (Å²) >= 11 is 0. The lowest BCUT2D eigenvalue weighted by Crippen LogP contribution is -2.17. The first-order valence-electron chi connectivity index (χ1n) is 20.4. The minimum absolute atomic E-state index is 0.148. The van der Waals surface area contributed by atoms with Crippen LogP contribution < -0.4 is 4.90 Å². The topological polar surface area (TPSA) is 16.4 Å². The molecule has 0 aliphatic heterocycles. The molecule has 280 valence electrons. The van der Waals surface area contributed by atoms with Gasteiger partial charge in [0.1, 0.15) is 11.2 Å². The van der Waals surface area contributed by atoms with Gasteiger partial charge in [0.05, 0.1) is 5.69 Å². The molecule has 0 atom stereocenters. The van der Waals surface area contributed by atoms with Gasteiger partial charge >= 0.3 is 0 Å². The molecule has 1 aliphatic carbocycles. The molecule has 9 aromatic carbocycles. The van der Waals surface area contributed by atoms with E-state index in [4.69, 9.17) is 4.42 Å². The number of rotatable bonds is 7. The third kappa shape index (κ3) is 5.87. The normalized spacial score (nSPS) is 12.7. The fourth-order valence-electron chi connectivity index (χ4n) is 9.34. The van der Waals surface area contributed by atoms with E-state index in [9.17, 15) is 0 Å². The van der Waals surface area contributed by atoms with Crippen LogP contribution >= 0.6 is 0 Å². The quantitative estimate of drug-likeness (QED) is 0.161. The van der Waals surface area contributed by atoms with Crippen molar-refractivity contribution in [2.45, 2.75) is 19.3 Å². The largest absolute Gasteiger partial charge is 0.456 e. The lowest BCUT2D eigenvalue weighted by Gasteiger charge is -2.30. The van der Waals surface area contributed by atoms with E-state index < -0.39 is 0 Å². The van der Waals surface area contributed by atoms with Gasteiger partial charge in [0.2, 0.25) is 0 Å². The molecule has 0 radical (unpaired) electrons. The number of hydrogen-bond acceptors (Lipinski definition) is 2. The van der Waals surface area contributed by atoms with Gasteiger partial charge in [0, 0.05) is 33.1 Å². The lowest BCUT2D eigenvalue weighted by atomic mass is 9.82. The maximum absolute atomic E-state index is 6.36. The van der Waals surface area contributed by atoms with E-state index >= 15 is 0 Å². The van der Waals surface area contributed by atoms with Crippen LogP contribution in [0.3, 0.4) is 0 Å². The fourth-order valence-corrected chi connectivity index (χ4v) is 9.34. The van der Waals surface area contributed by atoms with Crippen molar-refractivity contribution in [1.29, 1.82) is 0 Å². The molecular formula is C57H41NO. The van der Waals surface area contributed by atoms with E-state index in [1.807, 2.05) is 12.1 Å². The molecule has 0 saturated heterocycles. The highest BCUT2D eigenvalue weighted by Crippen LogP contribution is 2.52. The summed E-state index contributed by atoms with van der Waals surface area (Å²) in [5.74, 6) is 0. The molecule has 11 rings (SSSR count). The van der Waals surface area contributed by atoms with Gasteiger partial charge in [-0.2, -0.15) is 0 Å². The van der Waals surface area contributed by atoms with Gasteiger partial charge in [0.25, 0.3) is 0 Å². The third-order valence-electron chi connectivity index (χ3n) is 12.3. The van der Waals surface area contributed by atoms with Crippen molar-refractivity contribution in [2.24, 2.45) is 0 Å². The monoisotopic (exact) mass is 755 g/mol. The average Bonchev–Trinajstić information content (AvgIpc) is 3.78. The Labute approximate surface area is 345 Å². The highest BCUT2D eigenvalue weighted by atomic mass is 16.3. The molecule has 2 nitrogen and oxygen atoms in total. The highest BCUT2D eigenvalue weighted by molar-refractivity contribution is 6.06. The summed E-state index contributed by atoms with van der Waals surface area (Å²) in [5.41, 5.74) is 19.6. The smallest absolute Gasteiger partial charge is 0.136 e. The second-order valence-corrected chi connectivity index (χ2v) is 16.1. The molecule has 2 heteroatoms. The summed E-state index contributed by atoms with van der Waals surface area (Å²) in [6, 6.07) is 77.0. The van der Waals surface area contributed by atoms with Crippen molar-refractivity contribution >= 4 is 39.0 Å². The van der Waals surface area contributed by atoms with Crippen LogP contribution in [0.4, 0.5) is 17.1 Å². The summed E-state index contributed by atoms with van der Waals surface area (Å²) in [6.45, 7) is 4.71. The first kappa shape index (κ1) is 34.8. The maximum Gasteiger partial charge on any atom is 0.136 e. The van der Waals surface area contributed by atoms with Gasteiger partial charge < -0.3 is 9.32 Å². The van der Waals surface area contributed by atoms with Crippen molar-refractivity contribution in [3.8, 4) is 55.6 Å². The molecule has 0 amide bonds. The van der Waals surface area contributed by atoms with E-state index in [1.165, 1.54) is 44.5 Å². The molecule has 10 aromatic rings. The summed E-state index contributed by atoms with van der Waals surface area (Å²) in [7, 11) is 0. The van der Waals surface area contributed by atoms with Crippen LogP contribution in [-0.2, 0) is 5.41 Å². The highest BCUT2D eigenvalue weighted by Gasteiger charge is 2.36. The number of fused-ring (bicyclic) bond motifs is 6. The van der Waals surface area contributed by atoms with Crippen molar-refractivity contribution < 1.29 is 4.42 Å². The van der Waals surface area contributed by atoms with Gasteiger partial charge in [-0.3, -0.25) is 0 Å². The number of anilines is 3. The molecule has 1 heterocycles. The van der Waals surface area contributed by atoms with E-state index in [0.717, 1.165) is 61.3 Å². The van der Waals surface area contributed by atoms with Crippen LogP contribution in [-0.4, -0.2) is 0 Å². The molecule has 0 N–H and O–H groups in total. The Hall–Kier alpha value is -7.42.